The molecule has 2 nitrogen and oxygen atoms in total. The monoisotopic (exact) mass is 304 g/mol. The Kier molecular flexibility index (Phi) is 6.10. The van der Waals surface area contributed by atoms with Gasteiger partial charge in [-0.2, -0.15) is 0 Å². The molecule has 1 aromatic rings. The molecular formula is C11H17IN2. The van der Waals surface area contributed by atoms with Gasteiger partial charge in [0.2, 0.25) is 0 Å². The van der Waals surface area contributed by atoms with E-state index in [1.165, 1.54) is 28.5 Å². The fourth-order valence-corrected chi connectivity index (χ4v) is 1.79. The third kappa shape index (κ3) is 4.37. The van der Waals surface area contributed by atoms with Crippen LogP contribution < -0.4 is 5.32 Å². The number of nitrogens with zero attached hydrogens (tertiary/aromatic N) is 1. The molecule has 0 aliphatic carbocycles. The Hall–Kier alpha value is -0.160. The van der Waals surface area contributed by atoms with E-state index in [9.17, 15) is 0 Å². The largest absolute Gasteiger partial charge is 0.311 e. The molecule has 0 saturated heterocycles. The minimum absolute atomic E-state index is 0.897. The summed E-state index contributed by atoms with van der Waals surface area (Å²) in [5.74, 6) is 0. The number of aryl methyl sites for hydroxylation is 1. The van der Waals surface area contributed by atoms with Crippen molar-refractivity contribution in [2.75, 3.05) is 11.0 Å². The molecule has 1 heterocycles. The van der Waals surface area contributed by atoms with Crippen LogP contribution in [0.25, 0.3) is 0 Å². The highest BCUT2D eigenvalue weighted by molar-refractivity contribution is 14.1. The fourth-order valence-electron chi connectivity index (χ4n) is 1.25. The molecule has 0 atom stereocenters. The lowest BCUT2D eigenvalue weighted by Crippen LogP contribution is -2.16. The number of rotatable bonds is 6. The number of hydrogen-bond acceptors (Lipinski definition) is 2. The standard InChI is InChI=1S/C11H17IN2/c1-10-5-4-8-14-11(10)9-13-7-3-2-6-12/h4-5,8,13H,2-3,6-7,9H2,1H3. The smallest absolute Gasteiger partial charge is 0.0570 e. The normalized spacial score (nSPS) is 10.4. The van der Waals surface area contributed by atoms with Gasteiger partial charge in [-0.05, 0) is 42.4 Å². The summed E-state index contributed by atoms with van der Waals surface area (Å²) in [6, 6.07) is 4.09. The van der Waals surface area contributed by atoms with E-state index < -0.39 is 0 Å². The number of halogens is 1. The van der Waals surface area contributed by atoms with Crippen molar-refractivity contribution in [2.45, 2.75) is 26.3 Å². The van der Waals surface area contributed by atoms with E-state index in [-0.39, 0.29) is 0 Å². The molecule has 0 amide bonds. The summed E-state index contributed by atoms with van der Waals surface area (Å²) in [5, 5.41) is 3.41. The van der Waals surface area contributed by atoms with Gasteiger partial charge in [0.05, 0.1) is 5.69 Å². The number of aromatic nitrogens is 1. The van der Waals surface area contributed by atoms with E-state index in [0.29, 0.717) is 0 Å². The Morgan fingerprint density at radius 3 is 3.00 bits per heavy atom. The van der Waals surface area contributed by atoms with Gasteiger partial charge in [0.25, 0.3) is 0 Å². The molecule has 0 aliphatic rings. The summed E-state index contributed by atoms with van der Waals surface area (Å²) in [6.07, 6.45) is 4.42. The number of hydrogen-bond donors (Lipinski definition) is 1. The van der Waals surface area contributed by atoms with E-state index in [1.54, 1.807) is 0 Å². The quantitative estimate of drug-likeness (QED) is 0.496. The molecular weight excluding hydrogens is 287 g/mol. The van der Waals surface area contributed by atoms with Crippen LogP contribution >= 0.6 is 22.6 Å². The molecule has 0 bridgehead atoms. The summed E-state index contributed by atoms with van der Waals surface area (Å²) >= 11 is 2.42. The number of pyridine rings is 1. The molecule has 0 saturated carbocycles. The number of unbranched alkanes of at least 4 members (excludes halogenated alkanes) is 1. The first-order chi connectivity index (χ1) is 6.84. The summed E-state index contributed by atoms with van der Waals surface area (Å²) in [5.41, 5.74) is 2.44. The lowest BCUT2D eigenvalue weighted by molar-refractivity contribution is 0.635. The second-order valence-electron chi connectivity index (χ2n) is 3.34. The molecule has 78 valence electrons. The molecule has 0 aliphatic heterocycles. The van der Waals surface area contributed by atoms with Crippen LogP contribution in [0.5, 0.6) is 0 Å². The lowest BCUT2D eigenvalue weighted by Gasteiger charge is -2.05. The Balaban J connectivity index is 2.21. The van der Waals surface area contributed by atoms with Crippen molar-refractivity contribution in [3.05, 3.63) is 29.6 Å². The Labute approximate surface area is 99.7 Å². The molecule has 3 heteroatoms. The molecule has 14 heavy (non-hydrogen) atoms. The zero-order valence-corrected chi connectivity index (χ0v) is 10.8. The summed E-state index contributed by atoms with van der Waals surface area (Å²) in [4.78, 5) is 4.33. The Morgan fingerprint density at radius 2 is 2.29 bits per heavy atom. The van der Waals surface area contributed by atoms with Crippen molar-refractivity contribution in [1.82, 2.24) is 10.3 Å². The van der Waals surface area contributed by atoms with Gasteiger partial charge in [0.15, 0.2) is 0 Å². The molecule has 0 spiro atoms. The molecule has 0 radical (unpaired) electrons. The van der Waals surface area contributed by atoms with Gasteiger partial charge >= 0.3 is 0 Å². The predicted molar refractivity (Wildman–Crippen MR) is 68.8 cm³/mol. The van der Waals surface area contributed by atoms with E-state index in [4.69, 9.17) is 0 Å². The van der Waals surface area contributed by atoms with E-state index >= 15 is 0 Å². The second kappa shape index (κ2) is 7.17. The maximum Gasteiger partial charge on any atom is 0.0570 e. The molecule has 0 unspecified atom stereocenters. The maximum absolute atomic E-state index is 4.33. The van der Waals surface area contributed by atoms with Crippen molar-refractivity contribution >= 4 is 22.6 Å². The third-order valence-electron chi connectivity index (χ3n) is 2.15. The van der Waals surface area contributed by atoms with E-state index in [2.05, 4.69) is 45.9 Å². The molecule has 0 aromatic carbocycles. The van der Waals surface area contributed by atoms with Crippen molar-refractivity contribution in [3.63, 3.8) is 0 Å². The topological polar surface area (TPSA) is 24.9 Å². The minimum Gasteiger partial charge on any atom is -0.311 e. The van der Waals surface area contributed by atoms with Gasteiger partial charge in [-0.25, -0.2) is 0 Å². The second-order valence-corrected chi connectivity index (χ2v) is 4.42. The van der Waals surface area contributed by atoms with Crippen LogP contribution in [0.1, 0.15) is 24.1 Å². The van der Waals surface area contributed by atoms with Gasteiger partial charge in [-0.3, -0.25) is 4.98 Å². The van der Waals surface area contributed by atoms with Crippen LogP contribution in [0, 0.1) is 6.92 Å². The van der Waals surface area contributed by atoms with Crippen LogP contribution in [0.15, 0.2) is 18.3 Å². The van der Waals surface area contributed by atoms with Crippen LogP contribution in [0.4, 0.5) is 0 Å². The van der Waals surface area contributed by atoms with Gasteiger partial charge in [0, 0.05) is 12.7 Å². The van der Waals surface area contributed by atoms with Crippen molar-refractivity contribution in [2.24, 2.45) is 0 Å². The molecule has 0 fully saturated rings. The van der Waals surface area contributed by atoms with Gasteiger partial charge in [-0.15, -0.1) is 0 Å². The summed E-state index contributed by atoms with van der Waals surface area (Å²) in [6.45, 7) is 4.10. The number of nitrogens with one attached hydrogen (secondary N) is 1. The number of alkyl halides is 1. The highest BCUT2D eigenvalue weighted by atomic mass is 127. The first kappa shape index (κ1) is 11.9. The summed E-state index contributed by atoms with van der Waals surface area (Å²) < 4.78 is 1.25. The van der Waals surface area contributed by atoms with Gasteiger partial charge in [0.1, 0.15) is 0 Å². The van der Waals surface area contributed by atoms with Crippen LogP contribution in [-0.4, -0.2) is 16.0 Å². The first-order valence-electron chi connectivity index (χ1n) is 5.02. The Bertz CT molecular complexity index is 263. The minimum atomic E-state index is 0.897. The van der Waals surface area contributed by atoms with E-state index in [1.807, 2.05) is 12.3 Å². The SMILES string of the molecule is Cc1cccnc1CNCCCCI. The lowest BCUT2D eigenvalue weighted by atomic mass is 10.2. The average Bonchev–Trinajstić information content (AvgIpc) is 2.20. The highest BCUT2D eigenvalue weighted by Gasteiger charge is 1.96. The van der Waals surface area contributed by atoms with Crippen molar-refractivity contribution in [3.8, 4) is 0 Å². The Morgan fingerprint density at radius 1 is 1.43 bits per heavy atom. The zero-order valence-electron chi connectivity index (χ0n) is 8.59. The maximum atomic E-state index is 4.33. The van der Waals surface area contributed by atoms with Crippen LogP contribution in [0.2, 0.25) is 0 Å². The summed E-state index contributed by atoms with van der Waals surface area (Å²) in [7, 11) is 0. The van der Waals surface area contributed by atoms with Crippen LogP contribution in [0.3, 0.4) is 0 Å². The molecule has 1 aromatic heterocycles. The highest BCUT2D eigenvalue weighted by Crippen LogP contribution is 2.02. The van der Waals surface area contributed by atoms with Crippen molar-refractivity contribution < 1.29 is 0 Å². The van der Waals surface area contributed by atoms with E-state index in [0.717, 1.165) is 13.1 Å². The molecule has 1 rings (SSSR count). The average molecular weight is 304 g/mol. The first-order valence-corrected chi connectivity index (χ1v) is 6.54. The molecule has 1 N–H and O–H groups in total. The van der Waals surface area contributed by atoms with Gasteiger partial charge in [-0.1, -0.05) is 28.7 Å². The third-order valence-corrected chi connectivity index (χ3v) is 2.91. The van der Waals surface area contributed by atoms with Crippen LogP contribution in [-0.2, 0) is 6.54 Å². The van der Waals surface area contributed by atoms with Crippen molar-refractivity contribution in [1.29, 1.82) is 0 Å². The van der Waals surface area contributed by atoms with Gasteiger partial charge < -0.3 is 5.32 Å². The predicted octanol–water partition coefficient (Wildman–Crippen LogP) is 2.69. The zero-order chi connectivity index (χ0) is 10.2. The fraction of sp³-hybridized carbons (Fsp3) is 0.545.